The Hall–Kier alpha value is -1.78. The Balaban J connectivity index is 1.37. The Kier molecular flexibility index (Phi) is 9.78. The van der Waals surface area contributed by atoms with Crippen molar-refractivity contribution >= 4 is 8.25 Å². The van der Waals surface area contributed by atoms with E-state index >= 15 is 0 Å². The van der Waals surface area contributed by atoms with Gasteiger partial charge >= 0.3 is 8.25 Å². The second-order valence-electron chi connectivity index (χ2n) is 7.78. The van der Waals surface area contributed by atoms with Gasteiger partial charge in [0.2, 0.25) is 0 Å². The van der Waals surface area contributed by atoms with E-state index in [0.29, 0.717) is 6.61 Å². The van der Waals surface area contributed by atoms with Crippen LogP contribution in [0.1, 0.15) is 54.4 Å². The van der Waals surface area contributed by atoms with Gasteiger partial charge in [-0.2, -0.15) is 0 Å². The number of benzene rings is 2. The van der Waals surface area contributed by atoms with Gasteiger partial charge in [0.25, 0.3) is 0 Å². The first-order chi connectivity index (χ1) is 14.7. The maximum atomic E-state index is 10.5. The molecule has 2 aromatic rings. The number of rotatable bonds is 14. The first-order valence-electron chi connectivity index (χ1n) is 11.0. The maximum Gasteiger partial charge on any atom is 0.694 e. The summed E-state index contributed by atoms with van der Waals surface area (Å²) in [6.07, 6.45) is 8.75. The molecule has 30 heavy (non-hydrogen) atoms. The van der Waals surface area contributed by atoms with Crippen molar-refractivity contribution in [2.24, 2.45) is 0 Å². The molecule has 2 N–H and O–H groups in total. The molecule has 0 aromatic heterocycles. The molecule has 6 heteroatoms. The molecule has 5 nitrogen and oxygen atoms in total. The van der Waals surface area contributed by atoms with Crippen LogP contribution in [0.3, 0.4) is 0 Å². The van der Waals surface area contributed by atoms with Crippen LogP contribution in [0.5, 0.6) is 5.75 Å². The number of nitrogens with one attached hydrogen (secondary N) is 1. The van der Waals surface area contributed by atoms with Crippen LogP contribution in [-0.2, 0) is 34.9 Å². The molecule has 0 spiro atoms. The van der Waals surface area contributed by atoms with Crippen molar-refractivity contribution in [1.29, 1.82) is 0 Å². The number of hydrogen-bond acceptors (Lipinski definition) is 4. The zero-order chi connectivity index (χ0) is 21.0. The lowest BCUT2D eigenvalue weighted by Gasteiger charge is -2.15. The molecule has 162 valence electrons. The summed E-state index contributed by atoms with van der Waals surface area (Å²) in [7, 11) is -2.48. The average Bonchev–Trinajstić information content (AvgIpc) is 3.25. The average molecular weight is 431 g/mol. The van der Waals surface area contributed by atoms with Crippen molar-refractivity contribution in [3.05, 3.63) is 64.7 Å². The number of unbranched alkanes of at least 4 members (excludes halogenated alkanes) is 2. The molecule has 1 atom stereocenters. The fraction of sp³-hybridized carbons (Fsp3) is 0.500. The van der Waals surface area contributed by atoms with Crippen LogP contribution in [0, 0.1) is 0 Å². The molecule has 2 aromatic carbocycles. The summed E-state index contributed by atoms with van der Waals surface area (Å²) in [5, 5.41) is 3.41. The highest BCUT2D eigenvalue weighted by Crippen LogP contribution is 2.33. The molecule has 0 aliphatic heterocycles. The van der Waals surface area contributed by atoms with Crippen molar-refractivity contribution in [2.75, 3.05) is 19.8 Å². The van der Waals surface area contributed by atoms with E-state index in [0.717, 1.165) is 57.6 Å². The van der Waals surface area contributed by atoms with Crippen LogP contribution in [0.2, 0.25) is 0 Å². The Morgan fingerprint density at radius 1 is 0.933 bits per heavy atom. The molecule has 0 radical (unpaired) electrons. The van der Waals surface area contributed by atoms with Crippen LogP contribution in [0.15, 0.2) is 42.5 Å². The topological polar surface area (TPSA) is 67.8 Å². The Labute approximate surface area is 180 Å². The number of ether oxygens (including phenoxy) is 1. The molecular formula is C24H33NO4P+. The van der Waals surface area contributed by atoms with Crippen molar-refractivity contribution < 1.29 is 18.7 Å². The summed E-state index contributed by atoms with van der Waals surface area (Å²) in [4.78, 5) is 8.62. The molecule has 0 bridgehead atoms. The van der Waals surface area contributed by atoms with E-state index in [1.807, 2.05) is 0 Å². The fourth-order valence-corrected chi connectivity index (χ4v) is 4.33. The molecule has 0 saturated heterocycles. The van der Waals surface area contributed by atoms with Gasteiger partial charge in [0, 0.05) is 11.1 Å². The van der Waals surface area contributed by atoms with E-state index in [9.17, 15) is 4.57 Å². The molecule has 0 amide bonds. The minimum atomic E-state index is -2.48. The first kappa shape index (κ1) is 22.9. The highest BCUT2D eigenvalue weighted by Gasteiger charge is 2.19. The maximum absolute atomic E-state index is 10.5. The SMILES string of the molecule is O=[P+](O)OCCCNCc1ccc(OCCCCCc2ccccc2)c2c1CCC2. The van der Waals surface area contributed by atoms with Crippen LogP contribution in [0.4, 0.5) is 0 Å². The molecule has 0 saturated carbocycles. The van der Waals surface area contributed by atoms with E-state index in [4.69, 9.17) is 9.63 Å². The predicted molar refractivity (Wildman–Crippen MR) is 120 cm³/mol. The largest absolute Gasteiger partial charge is 0.694 e. The lowest BCUT2D eigenvalue weighted by Crippen LogP contribution is -2.17. The lowest BCUT2D eigenvalue weighted by atomic mass is 10.0. The van der Waals surface area contributed by atoms with Gasteiger partial charge in [-0.15, -0.1) is 9.42 Å². The van der Waals surface area contributed by atoms with Crippen LogP contribution in [-0.4, -0.2) is 24.7 Å². The summed E-state index contributed by atoms with van der Waals surface area (Å²) in [6, 6.07) is 15.0. The minimum Gasteiger partial charge on any atom is -0.493 e. The quantitative estimate of drug-likeness (QED) is 0.322. The van der Waals surface area contributed by atoms with Gasteiger partial charge in [-0.3, -0.25) is 0 Å². The highest BCUT2D eigenvalue weighted by atomic mass is 31.1. The van der Waals surface area contributed by atoms with Gasteiger partial charge in [-0.1, -0.05) is 36.4 Å². The van der Waals surface area contributed by atoms with Gasteiger partial charge in [-0.25, -0.2) is 0 Å². The van der Waals surface area contributed by atoms with Crippen molar-refractivity contribution in [3.8, 4) is 5.75 Å². The summed E-state index contributed by atoms with van der Waals surface area (Å²) < 4.78 is 21.3. The third-order valence-corrected chi connectivity index (χ3v) is 5.97. The van der Waals surface area contributed by atoms with Gasteiger partial charge < -0.3 is 10.1 Å². The van der Waals surface area contributed by atoms with Crippen molar-refractivity contribution in [1.82, 2.24) is 5.32 Å². The number of fused-ring (bicyclic) bond motifs is 1. The predicted octanol–water partition coefficient (Wildman–Crippen LogP) is 5.11. The summed E-state index contributed by atoms with van der Waals surface area (Å²) in [5.41, 5.74) is 5.58. The van der Waals surface area contributed by atoms with Crippen molar-refractivity contribution in [2.45, 2.75) is 57.9 Å². The Morgan fingerprint density at radius 3 is 2.60 bits per heavy atom. The van der Waals surface area contributed by atoms with Crippen LogP contribution >= 0.6 is 8.25 Å². The Bertz CT molecular complexity index is 797. The smallest absolute Gasteiger partial charge is 0.493 e. The van der Waals surface area contributed by atoms with Gasteiger partial charge in [-0.05, 0) is 86.2 Å². The molecule has 1 aliphatic carbocycles. The molecule has 1 aliphatic rings. The zero-order valence-electron chi connectivity index (χ0n) is 17.6. The van der Waals surface area contributed by atoms with Crippen LogP contribution < -0.4 is 10.1 Å². The first-order valence-corrected chi connectivity index (χ1v) is 12.2. The van der Waals surface area contributed by atoms with E-state index in [1.165, 1.54) is 41.5 Å². The van der Waals surface area contributed by atoms with E-state index in [1.54, 1.807) is 0 Å². The zero-order valence-corrected chi connectivity index (χ0v) is 18.5. The summed E-state index contributed by atoms with van der Waals surface area (Å²) in [5.74, 6) is 1.06. The molecule has 1 unspecified atom stereocenters. The monoisotopic (exact) mass is 430 g/mol. The Morgan fingerprint density at radius 2 is 1.77 bits per heavy atom. The molecule has 3 rings (SSSR count). The van der Waals surface area contributed by atoms with Crippen LogP contribution in [0.25, 0.3) is 0 Å². The van der Waals surface area contributed by atoms with E-state index < -0.39 is 8.25 Å². The second-order valence-corrected chi connectivity index (χ2v) is 8.51. The molecular weight excluding hydrogens is 397 g/mol. The summed E-state index contributed by atoms with van der Waals surface area (Å²) >= 11 is 0. The van der Waals surface area contributed by atoms with Gasteiger partial charge in [0.1, 0.15) is 12.4 Å². The third kappa shape index (κ3) is 7.48. The van der Waals surface area contributed by atoms with E-state index in [2.05, 4.69) is 52.3 Å². The van der Waals surface area contributed by atoms with E-state index in [-0.39, 0.29) is 0 Å². The summed E-state index contributed by atoms with van der Waals surface area (Å²) in [6.45, 7) is 2.66. The standard InChI is InChI=1S/C24H32NO4P/c26-30(27)29-18-8-16-25-19-21-14-15-24(23-13-7-12-22(21)23)28-17-6-2-5-11-20-9-3-1-4-10-20/h1,3-4,9-10,14-15,25H,2,5-8,11-13,16-19H2/p+1. The highest BCUT2D eigenvalue weighted by molar-refractivity contribution is 7.32. The number of hydrogen-bond donors (Lipinski definition) is 2. The second kappa shape index (κ2) is 12.8. The molecule has 0 fully saturated rings. The van der Waals surface area contributed by atoms with Gasteiger partial charge in [0.05, 0.1) is 6.61 Å². The lowest BCUT2D eigenvalue weighted by molar-refractivity contribution is 0.276. The fourth-order valence-electron chi connectivity index (χ4n) is 4.05. The normalized spacial score (nSPS) is 13.3. The van der Waals surface area contributed by atoms with Gasteiger partial charge in [0.15, 0.2) is 0 Å². The van der Waals surface area contributed by atoms with Crippen molar-refractivity contribution in [3.63, 3.8) is 0 Å². The molecule has 0 heterocycles. The number of aryl methyl sites for hydroxylation is 1. The minimum absolute atomic E-state index is 0.301. The third-order valence-electron chi connectivity index (χ3n) is 5.56.